The second kappa shape index (κ2) is 9.09. The molecule has 1 aromatic carbocycles. The standard InChI is InChI=1S/C21H23F3N6S/c22-21(23,24)19-11-18(16-7-8-16)30(28-19)10-4-9-25-20(31)27-17-12-26-29(14-17)13-15-5-2-1-3-6-15/h1-3,5-6,11-12,14,16H,4,7-10,13H2,(H2,25,27,31). The number of aromatic nitrogens is 4. The lowest BCUT2D eigenvalue weighted by molar-refractivity contribution is -0.141. The van der Waals surface area contributed by atoms with Gasteiger partial charge in [0, 0.05) is 30.9 Å². The average Bonchev–Trinajstić information content (AvgIpc) is 3.33. The molecule has 1 aliphatic rings. The highest BCUT2D eigenvalue weighted by Gasteiger charge is 2.37. The van der Waals surface area contributed by atoms with Gasteiger partial charge in [-0.05, 0) is 43.1 Å². The Morgan fingerprint density at radius 2 is 1.97 bits per heavy atom. The first kappa shape index (κ1) is 21.4. The van der Waals surface area contributed by atoms with Crippen LogP contribution in [-0.2, 0) is 19.3 Å². The maximum absolute atomic E-state index is 13.0. The molecular weight excluding hydrogens is 425 g/mol. The van der Waals surface area contributed by atoms with Crippen LogP contribution in [-0.4, -0.2) is 31.2 Å². The molecule has 10 heteroatoms. The Kier molecular flexibility index (Phi) is 6.26. The van der Waals surface area contributed by atoms with E-state index < -0.39 is 11.9 Å². The summed E-state index contributed by atoms with van der Waals surface area (Å²) >= 11 is 5.30. The van der Waals surface area contributed by atoms with Gasteiger partial charge in [0.05, 0.1) is 18.4 Å². The van der Waals surface area contributed by atoms with Gasteiger partial charge in [0.2, 0.25) is 0 Å². The zero-order valence-electron chi connectivity index (χ0n) is 16.8. The summed E-state index contributed by atoms with van der Waals surface area (Å²) in [7, 11) is 0. The Balaban J connectivity index is 1.23. The quantitative estimate of drug-likeness (QED) is 0.395. The topological polar surface area (TPSA) is 59.7 Å². The number of halogens is 3. The fraction of sp³-hybridized carbons (Fsp3) is 0.381. The van der Waals surface area contributed by atoms with E-state index in [1.165, 1.54) is 10.7 Å². The van der Waals surface area contributed by atoms with Gasteiger partial charge in [0.1, 0.15) is 0 Å². The summed E-state index contributed by atoms with van der Waals surface area (Å²) in [5.74, 6) is 0.201. The number of alkyl halides is 3. The Hall–Kier alpha value is -2.88. The largest absolute Gasteiger partial charge is 0.435 e. The summed E-state index contributed by atoms with van der Waals surface area (Å²) in [6, 6.07) is 11.2. The predicted molar refractivity (Wildman–Crippen MR) is 116 cm³/mol. The molecule has 0 aliphatic heterocycles. The van der Waals surface area contributed by atoms with E-state index >= 15 is 0 Å². The number of aryl methyl sites for hydroxylation is 1. The second-order valence-electron chi connectivity index (χ2n) is 7.60. The summed E-state index contributed by atoms with van der Waals surface area (Å²) < 4.78 is 42.2. The molecule has 0 atom stereocenters. The summed E-state index contributed by atoms with van der Waals surface area (Å²) in [5, 5.41) is 14.7. The maximum Gasteiger partial charge on any atom is 0.435 e. The minimum Gasteiger partial charge on any atom is -0.362 e. The lowest BCUT2D eigenvalue weighted by atomic mass is 10.2. The fourth-order valence-electron chi connectivity index (χ4n) is 3.35. The summed E-state index contributed by atoms with van der Waals surface area (Å²) in [6.07, 6.45) is 1.60. The zero-order chi connectivity index (χ0) is 21.8. The summed E-state index contributed by atoms with van der Waals surface area (Å²) in [4.78, 5) is 0. The maximum atomic E-state index is 13.0. The van der Waals surface area contributed by atoms with Gasteiger partial charge in [-0.1, -0.05) is 30.3 Å². The smallest absolute Gasteiger partial charge is 0.362 e. The Labute approximate surface area is 183 Å². The molecule has 1 saturated carbocycles. The number of nitrogens with one attached hydrogen (secondary N) is 2. The Morgan fingerprint density at radius 3 is 2.68 bits per heavy atom. The molecule has 0 saturated heterocycles. The fourth-order valence-corrected chi connectivity index (χ4v) is 3.57. The van der Waals surface area contributed by atoms with E-state index in [0.717, 1.165) is 24.1 Å². The van der Waals surface area contributed by atoms with Crippen LogP contribution in [0.15, 0.2) is 48.8 Å². The van der Waals surface area contributed by atoms with Crippen LogP contribution in [0.4, 0.5) is 18.9 Å². The van der Waals surface area contributed by atoms with Crippen LogP contribution in [0.3, 0.4) is 0 Å². The second-order valence-corrected chi connectivity index (χ2v) is 8.00. The molecule has 6 nitrogen and oxygen atoms in total. The molecule has 4 rings (SSSR count). The molecule has 164 valence electrons. The van der Waals surface area contributed by atoms with Gasteiger partial charge in [-0.2, -0.15) is 23.4 Å². The van der Waals surface area contributed by atoms with E-state index in [1.807, 2.05) is 41.2 Å². The third kappa shape index (κ3) is 5.84. The minimum absolute atomic E-state index is 0.201. The van der Waals surface area contributed by atoms with Crippen molar-refractivity contribution in [3.8, 4) is 0 Å². The highest BCUT2D eigenvalue weighted by molar-refractivity contribution is 7.80. The molecule has 0 amide bonds. The molecule has 0 unspecified atom stereocenters. The van der Waals surface area contributed by atoms with Crippen molar-refractivity contribution >= 4 is 23.0 Å². The van der Waals surface area contributed by atoms with Gasteiger partial charge in [0.25, 0.3) is 0 Å². The minimum atomic E-state index is -4.41. The molecular formula is C21H23F3N6S. The molecule has 31 heavy (non-hydrogen) atoms. The average molecular weight is 449 g/mol. The first-order valence-corrected chi connectivity index (χ1v) is 10.6. The van der Waals surface area contributed by atoms with Crippen LogP contribution in [0.25, 0.3) is 0 Å². The first-order chi connectivity index (χ1) is 14.9. The monoisotopic (exact) mass is 448 g/mol. The number of anilines is 1. The van der Waals surface area contributed by atoms with E-state index in [4.69, 9.17) is 12.2 Å². The first-order valence-electron chi connectivity index (χ1n) is 10.1. The van der Waals surface area contributed by atoms with E-state index in [1.54, 1.807) is 6.20 Å². The van der Waals surface area contributed by atoms with Gasteiger partial charge >= 0.3 is 6.18 Å². The van der Waals surface area contributed by atoms with Gasteiger partial charge in [-0.15, -0.1) is 0 Å². The third-order valence-corrected chi connectivity index (χ3v) is 5.25. The Bertz CT molecular complexity index is 1020. The molecule has 1 fully saturated rings. The normalized spacial score (nSPS) is 13.9. The summed E-state index contributed by atoms with van der Waals surface area (Å²) in [6.45, 7) is 1.59. The van der Waals surface area contributed by atoms with Gasteiger partial charge in [-0.3, -0.25) is 9.36 Å². The van der Waals surface area contributed by atoms with Crippen molar-refractivity contribution in [3.05, 3.63) is 65.7 Å². The van der Waals surface area contributed by atoms with Crippen molar-refractivity contribution in [3.63, 3.8) is 0 Å². The number of nitrogens with zero attached hydrogens (tertiary/aromatic N) is 4. The molecule has 0 spiro atoms. The highest BCUT2D eigenvalue weighted by Crippen LogP contribution is 2.42. The number of hydrogen-bond acceptors (Lipinski definition) is 3. The lowest BCUT2D eigenvalue weighted by Crippen LogP contribution is -2.29. The molecule has 0 radical (unpaired) electrons. The number of hydrogen-bond donors (Lipinski definition) is 2. The number of benzene rings is 1. The third-order valence-electron chi connectivity index (χ3n) is 5.01. The van der Waals surface area contributed by atoms with E-state index in [-0.39, 0.29) is 5.92 Å². The molecule has 2 aromatic heterocycles. The highest BCUT2D eigenvalue weighted by atomic mass is 32.1. The summed E-state index contributed by atoms with van der Waals surface area (Å²) in [5.41, 5.74) is 1.79. The van der Waals surface area contributed by atoms with Crippen LogP contribution in [0.1, 0.15) is 42.1 Å². The zero-order valence-corrected chi connectivity index (χ0v) is 17.6. The van der Waals surface area contributed by atoms with Crippen molar-refractivity contribution in [2.75, 3.05) is 11.9 Å². The van der Waals surface area contributed by atoms with Crippen LogP contribution in [0.5, 0.6) is 0 Å². The Morgan fingerprint density at radius 1 is 1.19 bits per heavy atom. The van der Waals surface area contributed by atoms with Crippen molar-refractivity contribution in [1.82, 2.24) is 24.9 Å². The van der Waals surface area contributed by atoms with Crippen LogP contribution in [0.2, 0.25) is 0 Å². The molecule has 2 N–H and O–H groups in total. The van der Waals surface area contributed by atoms with Crippen molar-refractivity contribution in [2.45, 2.75) is 44.4 Å². The van der Waals surface area contributed by atoms with Crippen molar-refractivity contribution in [2.24, 2.45) is 0 Å². The van der Waals surface area contributed by atoms with Crippen molar-refractivity contribution < 1.29 is 13.2 Å². The lowest BCUT2D eigenvalue weighted by Gasteiger charge is -2.10. The van der Waals surface area contributed by atoms with Gasteiger partial charge < -0.3 is 10.6 Å². The van der Waals surface area contributed by atoms with Crippen LogP contribution < -0.4 is 10.6 Å². The molecule has 2 heterocycles. The molecule has 3 aromatic rings. The molecule has 1 aliphatic carbocycles. The van der Waals surface area contributed by atoms with Gasteiger partial charge in [0.15, 0.2) is 10.8 Å². The van der Waals surface area contributed by atoms with E-state index in [2.05, 4.69) is 20.8 Å². The predicted octanol–water partition coefficient (Wildman–Crippen LogP) is 4.40. The number of thiocarbonyl (C=S) groups is 1. The molecule has 0 bridgehead atoms. The van der Waals surface area contributed by atoms with Crippen LogP contribution in [0, 0.1) is 0 Å². The van der Waals surface area contributed by atoms with E-state index in [9.17, 15) is 13.2 Å². The van der Waals surface area contributed by atoms with E-state index in [0.29, 0.717) is 36.9 Å². The number of rotatable bonds is 8. The van der Waals surface area contributed by atoms with Crippen LogP contribution >= 0.6 is 12.2 Å². The van der Waals surface area contributed by atoms with Crippen molar-refractivity contribution in [1.29, 1.82) is 0 Å². The van der Waals surface area contributed by atoms with Gasteiger partial charge in [-0.25, -0.2) is 0 Å². The SMILES string of the molecule is FC(F)(F)c1cc(C2CC2)n(CCCNC(=S)Nc2cnn(Cc3ccccc3)c2)n1.